The Hall–Kier alpha value is -0.570. The van der Waals surface area contributed by atoms with E-state index in [9.17, 15) is 4.79 Å². The number of amides is 1. The molecule has 0 unspecified atom stereocenters. The zero-order valence-corrected chi connectivity index (χ0v) is 15.7. The van der Waals surface area contributed by atoms with Crippen molar-refractivity contribution in [3.05, 3.63) is 0 Å². The van der Waals surface area contributed by atoms with E-state index in [4.69, 9.17) is 10.5 Å². The normalized spacial score (nSPS) is 10.9. The first-order valence-corrected chi connectivity index (χ1v) is 7.50. The standard InChI is InChI=1S/C14H30N4O2.HI/c1-3-4-5-6-7-8-9-17-14(15)18-12-13(19)16-10-11-20-2;/h3-12H2,1-2H3,(H,16,19)(H3,15,17,18);1H. The second kappa shape index (κ2) is 17.5. The van der Waals surface area contributed by atoms with Crippen LogP contribution in [-0.4, -0.2) is 45.2 Å². The van der Waals surface area contributed by atoms with Gasteiger partial charge in [-0.3, -0.25) is 4.79 Å². The molecule has 126 valence electrons. The lowest BCUT2D eigenvalue weighted by Gasteiger charge is -2.06. The molecule has 0 spiro atoms. The Balaban J connectivity index is 0. The van der Waals surface area contributed by atoms with Gasteiger partial charge in [-0.25, -0.2) is 4.99 Å². The van der Waals surface area contributed by atoms with Crippen molar-refractivity contribution in [2.75, 3.05) is 33.4 Å². The number of unbranched alkanes of at least 4 members (excludes halogenated alkanes) is 5. The SMILES string of the molecule is CCCCCCCCNC(N)=NCC(=O)NCCOC.I. The topological polar surface area (TPSA) is 88.7 Å². The summed E-state index contributed by atoms with van der Waals surface area (Å²) in [4.78, 5) is 15.3. The predicted octanol–water partition coefficient (Wildman–Crippen LogP) is 1.63. The van der Waals surface area contributed by atoms with E-state index in [0.29, 0.717) is 19.1 Å². The molecule has 4 N–H and O–H groups in total. The molecular weight excluding hydrogens is 383 g/mol. The average molecular weight is 414 g/mol. The Labute approximate surface area is 145 Å². The van der Waals surface area contributed by atoms with Gasteiger partial charge in [-0.2, -0.15) is 0 Å². The number of nitrogens with two attached hydrogens (primary N) is 1. The number of guanidine groups is 1. The Kier molecular flexibility index (Phi) is 18.9. The van der Waals surface area contributed by atoms with Gasteiger partial charge < -0.3 is 21.1 Å². The van der Waals surface area contributed by atoms with Crippen LogP contribution in [0.5, 0.6) is 0 Å². The molecule has 0 aromatic rings. The first-order valence-electron chi connectivity index (χ1n) is 7.50. The van der Waals surface area contributed by atoms with E-state index in [1.807, 2.05) is 0 Å². The van der Waals surface area contributed by atoms with Gasteiger partial charge in [0.15, 0.2) is 5.96 Å². The van der Waals surface area contributed by atoms with Crippen LogP contribution in [0.15, 0.2) is 4.99 Å². The number of rotatable bonds is 12. The van der Waals surface area contributed by atoms with E-state index in [1.165, 1.54) is 32.1 Å². The molecule has 0 radical (unpaired) electrons. The number of ether oxygens (including phenoxy) is 1. The first-order chi connectivity index (χ1) is 9.70. The molecule has 0 aromatic heterocycles. The molecule has 0 bridgehead atoms. The number of nitrogens with one attached hydrogen (secondary N) is 2. The highest BCUT2D eigenvalue weighted by Gasteiger charge is 1.99. The zero-order chi connectivity index (χ0) is 15.1. The van der Waals surface area contributed by atoms with Crippen LogP contribution in [0, 0.1) is 0 Å². The second-order valence-corrected chi connectivity index (χ2v) is 4.74. The zero-order valence-electron chi connectivity index (χ0n) is 13.3. The van der Waals surface area contributed by atoms with Crippen LogP contribution in [-0.2, 0) is 9.53 Å². The van der Waals surface area contributed by atoms with Gasteiger partial charge in [0, 0.05) is 20.2 Å². The Morgan fingerprint density at radius 1 is 1.10 bits per heavy atom. The number of methoxy groups -OCH3 is 1. The lowest BCUT2D eigenvalue weighted by Crippen LogP contribution is -2.35. The van der Waals surface area contributed by atoms with Gasteiger partial charge in [0.2, 0.25) is 5.91 Å². The molecule has 6 nitrogen and oxygen atoms in total. The third kappa shape index (κ3) is 17.4. The summed E-state index contributed by atoms with van der Waals surface area (Å²) < 4.78 is 4.83. The molecule has 0 saturated heterocycles. The molecule has 0 atom stereocenters. The second-order valence-electron chi connectivity index (χ2n) is 4.74. The van der Waals surface area contributed by atoms with Crippen LogP contribution in [0.3, 0.4) is 0 Å². The Morgan fingerprint density at radius 2 is 1.76 bits per heavy atom. The van der Waals surface area contributed by atoms with Crippen molar-refractivity contribution in [1.29, 1.82) is 0 Å². The fourth-order valence-electron chi connectivity index (χ4n) is 1.68. The van der Waals surface area contributed by atoms with Crippen molar-refractivity contribution >= 4 is 35.8 Å². The maximum atomic E-state index is 11.3. The molecule has 0 aliphatic carbocycles. The molecule has 0 rings (SSSR count). The van der Waals surface area contributed by atoms with Gasteiger partial charge in [-0.1, -0.05) is 39.0 Å². The van der Waals surface area contributed by atoms with Gasteiger partial charge in [0.05, 0.1) is 6.61 Å². The Morgan fingerprint density at radius 3 is 2.43 bits per heavy atom. The van der Waals surface area contributed by atoms with Crippen molar-refractivity contribution < 1.29 is 9.53 Å². The summed E-state index contributed by atoms with van der Waals surface area (Å²) in [5, 5.41) is 5.70. The predicted molar refractivity (Wildman–Crippen MR) is 98.2 cm³/mol. The average Bonchev–Trinajstić information content (AvgIpc) is 2.44. The minimum Gasteiger partial charge on any atom is -0.383 e. The summed E-state index contributed by atoms with van der Waals surface area (Å²) in [5.74, 6) is 0.187. The van der Waals surface area contributed by atoms with Crippen LogP contribution in [0.1, 0.15) is 45.4 Å². The highest BCUT2D eigenvalue weighted by molar-refractivity contribution is 14.0. The summed E-state index contributed by atoms with van der Waals surface area (Å²) in [6.07, 6.45) is 7.45. The molecule has 0 aliphatic rings. The third-order valence-electron chi connectivity index (χ3n) is 2.86. The minimum atomic E-state index is -0.147. The largest absolute Gasteiger partial charge is 0.383 e. The maximum absolute atomic E-state index is 11.3. The number of hydrogen-bond acceptors (Lipinski definition) is 3. The monoisotopic (exact) mass is 414 g/mol. The van der Waals surface area contributed by atoms with E-state index < -0.39 is 0 Å². The lowest BCUT2D eigenvalue weighted by atomic mass is 10.1. The molecule has 0 aromatic carbocycles. The molecule has 7 heteroatoms. The maximum Gasteiger partial charge on any atom is 0.241 e. The minimum absolute atomic E-state index is 0. The lowest BCUT2D eigenvalue weighted by molar-refractivity contribution is -0.119. The van der Waals surface area contributed by atoms with E-state index in [2.05, 4.69) is 22.5 Å². The highest BCUT2D eigenvalue weighted by Crippen LogP contribution is 2.03. The van der Waals surface area contributed by atoms with Crippen molar-refractivity contribution in [3.63, 3.8) is 0 Å². The van der Waals surface area contributed by atoms with E-state index in [0.717, 1.165) is 13.0 Å². The Bertz CT molecular complexity index is 276. The van der Waals surface area contributed by atoms with Crippen LogP contribution in [0.25, 0.3) is 0 Å². The van der Waals surface area contributed by atoms with Gasteiger partial charge >= 0.3 is 0 Å². The number of carbonyl (C=O) groups is 1. The molecular formula is C14H31IN4O2. The van der Waals surface area contributed by atoms with Crippen LogP contribution in [0.4, 0.5) is 0 Å². The van der Waals surface area contributed by atoms with E-state index in [1.54, 1.807) is 7.11 Å². The fraction of sp³-hybridized carbons (Fsp3) is 0.857. The van der Waals surface area contributed by atoms with Crippen molar-refractivity contribution in [3.8, 4) is 0 Å². The van der Waals surface area contributed by atoms with Crippen molar-refractivity contribution in [2.24, 2.45) is 10.7 Å². The molecule has 0 aliphatic heterocycles. The molecule has 1 amide bonds. The van der Waals surface area contributed by atoms with Crippen LogP contribution in [0.2, 0.25) is 0 Å². The fourth-order valence-corrected chi connectivity index (χ4v) is 1.68. The molecule has 0 saturated carbocycles. The molecule has 0 heterocycles. The summed E-state index contributed by atoms with van der Waals surface area (Å²) in [5.41, 5.74) is 5.67. The number of carbonyl (C=O) groups excluding carboxylic acids is 1. The number of aliphatic imine (C=N–C) groups is 1. The smallest absolute Gasteiger partial charge is 0.241 e. The third-order valence-corrected chi connectivity index (χ3v) is 2.86. The first kappa shape index (κ1) is 22.7. The van der Waals surface area contributed by atoms with Gasteiger partial charge in [-0.05, 0) is 6.42 Å². The summed E-state index contributed by atoms with van der Waals surface area (Å²) in [6, 6.07) is 0. The summed E-state index contributed by atoms with van der Waals surface area (Å²) in [6.45, 7) is 4.08. The van der Waals surface area contributed by atoms with Gasteiger partial charge in [0.25, 0.3) is 0 Å². The van der Waals surface area contributed by atoms with E-state index >= 15 is 0 Å². The number of halogens is 1. The molecule has 21 heavy (non-hydrogen) atoms. The van der Waals surface area contributed by atoms with Crippen LogP contribution < -0.4 is 16.4 Å². The van der Waals surface area contributed by atoms with E-state index in [-0.39, 0.29) is 36.4 Å². The van der Waals surface area contributed by atoms with Crippen molar-refractivity contribution in [1.82, 2.24) is 10.6 Å². The molecule has 0 fully saturated rings. The van der Waals surface area contributed by atoms with Gasteiger partial charge in [0.1, 0.15) is 6.54 Å². The summed E-state index contributed by atoms with van der Waals surface area (Å²) in [7, 11) is 1.59. The van der Waals surface area contributed by atoms with Crippen molar-refractivity contribution in [2.45, 2.75) is 45.4 Å². The number of nitrogens with zero attached hydrogens (tertiary/aromatic N) is 1. The van der Waals surface area contributed by atoms with Gasteiger partial charge in [-0.15, -0.1) is 24.0 Å². The number of hydrogen-bond donors (Lipinski definition) is 3. The highest BCUT2D eigenvalue weighted by atomic mass is 127. The summed E-state index contributed by atoms with van der Waals surface area (Å²) >= 11 is 0. The van der Waals surface area contributed by atoms with Crippen LogP contribution >= 0.6 is 24.0 Å². The quantitative estimate of drug-likeness (QED) is 0.196.